The summed E-state index contributed by atoms with van der Waals surface area (Å²) < 4.78 is 6.77. The van der Waals surface area contributed by atoms with Crippen molar-refractivity contribution in [2.45, 2.75) is 25.6 Å². The number of nitrogens with zero attached hydrogens (tertiary/aromatic N) is 1. The lowest BCUT2D eigenvalue weighted by Gasteiger charge is -2.11. The molecule has 0 radical (unpaired) electrons. The van der Waals surface area contributed by atoms with Crippen molar-refractivity contribution in [3.63, 3.8) is 0 Å². The molecule has 0 spiro atoms. The lowest BCUT2D eigenvalue weighted by molar-refractivity contribution is 0.458. The number of rotatable bonds is 4. The van der Waals surface area contributed by atoms with E-state index in [0.717, 1.165) is 21.5 Å². The average Bonchev–Trinajstić information content (AvgIpc) is 2.38. The Kier molecular flexibility index (Phi) is 4.83. The van der Waals surface area contributed by atoms with E-state index in [0.29, 0.717) is 17.7 Å². The van der Waals surface area contributed by atoms with Gasteiger partial charge in [0.25, 0.3) is 0 Å². The number of aromatic nitrogens is 1. The summed E-state index contributed by atoms with van der Waals surface area (Å²) >= 11 is 9.33. The summed E-state index contributed by atoms with van der Waals surface area (Å²) in [5.41, 5.74) is 2.01. The largest absolute Gasteiger partial charge is 0.439 e. The smallest absolute Gasteiger partial charge is 0.219 e. The van der Waals surface area contributed by atoms with Gasteiger partial charge in [0, 0.05) is 22.1 Å². The fourth-order valence-corrected chi connectivity index (χ4v) is 2.19. The number of ether oxygens (including phenoxy) is 1. The molecule has 100 valence electrons. The van der Waals surface area contributed by atoms with Crippen molar-refractivity contribution in [2.75, 3.05) is 0 Å². The molecule has 0 fully saturated rings. The second-order valence-electron chi connectivity index (χ2n) is 4.59. The minimum atomic E-state index is 0.341. The number of alkyl halides is 1. The van der Waals surface area contributed by atoms with Gasteiger partial charge >= 0.3 is 0 Å². The molecule has 0 bridgehead atoms. The zero-order chi connectivity index (χ0) is 13.8. The molecule has 1 heterocycles. The minimum absolute atomic E-state index is 0.341. The van der Waals surface area contributed by atoms with Gasteiger partial charge < -0.3 is 4.74 Å². The average molecular weight is 341 g/mol. The van der Waals surface area contributed by atoms with Crippen LogP contribution in [0.3, 0.4) is 0 Å². The molecule has 0 atom stereocenters. The molecule has 0 aliphatic rings. The summed E-state index contributed by atoms with van der Waals surface area (Å²) in [6.07, 6.45) is 0. The van der Waals surface area contributed by atoms with E-state index >= 15 is 0 Å². The highest BCUT2D eigenvalue weighted by Gasteiger charge is 2.08. The Morgan fingerprint density at radius 3 is 2.68 bits per heavy atom. The SMILES string of the molecule is CC(C)c1cc(CCl)cc(Oc2cccc(Br)c2)n1. The Morgan fingerprint density at radius 1 is 1.26 bits per heavy atom. The molecule has 1 aromatic carbocycles. The molecule has 2 rings (SSSR count). The van der Waals surface area contributed by atoms with Crippen molar-refractivity contribution >= 4 is 27.5 Å². The van der Waals surface area contributed by atoms with Crippen LogP contribution < -0.4 is 4.74 Å². The van der Waals surface area contributed by atoms with Crippen LogP contribution in [0.2, 0.25) is 0 Å². The van der Waals surface area contributed by atoms with Crippen LogP contribution in [0.1, 0.15) is 31.0 Å². The van der Waals surface area contributed by atoms with Crippen LogP contribution in [-0.2, 0) is 5.88 Å². The highest BCUT2D eigenvalue weighted by Crippen LogP contribution is 2.26. The van der Waals surface area contributed by atoms with E-state index in [4.69, 9.17) is 16.3 Å². The number of hydrogen-bond donors (Lipinski definition) is 0. The van der Waals surface area contributed by atoms with E-state index in [-0.39, 0.29) is 0 Å². The molecule has 0 aliphatic carbocycles. The predicted molar refractivity (Wildman–Crippen MR) is 82.1 cm³/mol. The highest BCUT2D eigenvalue weighted by atomic mass is 79.9. The molecule has 0 unspecified atom stereocenters. The van der Waals surface area contributed by atoms with E-state index in [1.54, 1.807) is 0 Å². The van der Waals surface area contributed by atoms with Gasteiger partial charge in [0.1, 0.15) is 5.75 Å². The first-order valence-electron chi connectivity index (χ1n) is 6.08. The normalized spacial score (nSPS) is 10.8. The Labute approximate surface area is 126 Å². The van der Waals surface area contributed by atoms with Gasteiger partial charge in [-0.05, 0) is 35.7 Å². The molecule has 0 saturated carbocycles. The number of benzene rings is 1. The molecular formula is C15H15BrClNO. The summed E-state index contributed by atoms with van der Waals surface area (Å²) in [6.45, 7) is 4.20. The molecule has 0 amide bonds. The maximum absolute atomic E-state index is 5.91. The van der Waals surface area contributed by atoms with Crippen molar-refractivity contribution < 1.29 is 4.74 Å². The highest BCUT2D eigenvalue weighted by molar-refractivity contribution is 9.10. The molecule has 1 aromatic heterocycles. The van der Waals surface area contributed by atoms with Crippen LogP contribution in [0.15, 0.2) is 40.9 Å². The van der Waals surface area contributed by atoms with Gasteiger partial charge in [0.05, 0.1) is 0 Å². The molecular weight excluding hydrogens is 326 g/mol. The van der Waals surface area contributed by atoms with Crippen LogP contribution in [0, 0.1) is 0 Å². The fourth-order valence-electron chi connectivity index (χ4n) is 1.66. The summed E-state index contributed by atoms with van der Waals surface area (Å²) in [6, 6.07) is 11.6. The van der Waals surface area contributed by atoms with Crippen LogP contribution in [0.5, 0.6) is 11.6 Å². The summed E-state index contributed by atoms with van der Waals surface area (Å²) in [5, 5.41) is 0. The van der Waals surface area contributed by atoms with Gasteiger partial charge in [0.2, 0.25) is 5.88 Å². The monoisotopic (exact) mass is 339 g/mol. The Balaban J connectivity index is 2.31. The quantitative estimate of drug-likeness (QED) is 0.686. The van der Waals surface area contributed by atoms with E-state index in [1.807, 2.05) is 36.4 Å². The van der Waals surface area contributed by atoms with Crippen molar-refractivity contribution in [3.05, 3.63) is 52.1 Å². The summed E-state index contributed by atoms with van der Waals surface area (Å²) in [4.78, 5) is 4.51. The van der Waals surface area contributed by atoms with Crippen LogP contribution in [0.4, 0.5) is 0 Å². The third-order valence-electron chi connectivity index (χ3n) is 2.65. The van der Waals surface area contributed by atoms with E-state index in [9.17, 15) is 0 Å². The number of halogens is 2. The van der Waals surface area contributed by atoms with Crippen LogP contribution >= 0.6 is 27.5 Å². The second kappa shape index (κ2) is 6.40. The fraction of sp³-hybridized carbons (Fsp3) is 0.267. The molecule has 4 heteroatoms. The minimum Gasteiger partial charge on any atom is -0.439 e. The van der Waals surface area contributed by atoms with Crippen molar-refractivity contribution in [1.82, 2.24) is 4.98 Å². The Hall–Kier alpha value is -1.06. The summed E-state index contributed by atoms with van der Waals surface area (Å²) in [7, 11) is 0. The first kappa shape index (κ1) is 14.4. The van der Waals surface area contributed by atoms with Gasteiger partial charge in [0.15, 0.2) is 0 Å². The van der Waals surface area contributed by atoms with E-state index in [2.05, 4.69) is 34.8 Å². The third-order valence-corrected chi connectivity index (χ3v) is 3.45. The van der Waals surface area contributed by atoms with Gasteiger partial charge in [-0.1, -0.05) is 35.8 Å². The van der Waals surface area contributed by atoms with Crippen LogP contribution in [-0.4, -0.2) is 4.98 Å². The Morgan fingerprint density at radius 2 is 2.05 bits per heavy atom. The standard InChI is InChI=1S/C15H15BrClNO/c1-10(2)14-6-11(9-17)7-15(18-14)19-13-5-3-4-12(16)8-13/h3-8,10H,9H2,1-2H3. The first-order valence-corrected chi connectivity index (χ1v) is 7.41. The Bertz CT molecular complexity index is 572. The first-order chi connectivity index (χ1) is 9.08. The van der Waals surface area contributed by atoms with Gasteiger partial charge in [-0.25, -0.2) is 4.98 Å². The molecule has 0 N–H and O–H groups in total. The van der Waals surface area contributed by atoms with Crippen LogP contribution in [0.25, 0.3) is 0 Å². The van der Waals surface area contributed by atoms with E-state index in [1.165, 1.54) is 0 Å². The lowest BCUT2D eigenvalue weighted by Crippen LogP contribution is -1.97. The molecule has 2 nitrogen and oxygen atoms in total. The van der Waals surface area contributed by atoms with Crippen molar-refractivity contribution in [2.24, 2.45) is 0 Å². The predicted octanol–water partition coefficient (Wildman–Crippen LogP) is 5.50. The lowest BCUT2D eigenvalue weighted by atomic mass is 10.1. The van der Waals surface area contributed by atoms with Crippen molar-refractivity contribution in [3.8, 4) is 11.6 Å². The van der Waals surface area contributed by atoms with Gasteiger partial charge in [-0.2, -0.15) is 0 Å². The van der Waals surface area contributed by atoms with Crippen molar-refractivity contribution in [1.29, 1.82) is 0 Å². The number of pyridine rings is 1. The van der Waals surface area contributed by atoms with Gasteiger partial charge in [-0.3, -0.25) is 0 Å². The molecule has 0 aliphatic heterocycles. The molecule has 2 aromatic rings. The topological polar surface area (TPSA) is 22.1 Å². The second-order valence-corrected chi connectivity index (χ2v) is 5.77. The zero-order valence-electron chi connectivity index (χ0n) is 10.9. The summed E-state index contributed by atoms with van der Waals surface area (Å²) in [5.74, 6) is 2.13. The molecule has 0 saturated heterocycles. The third kappa shape index (κ3) is 3.95. The van der Waals surface area contributed by atoms with E-state index < -0.39 is 0 Å². The molecule has 19 heavy (non-hydrogen) atoms. The van der Waals surface area contributed by atoms with Gasteiger partial charge in [-0.15, -0.1) is 11.6 Å². The number of hydrogen-bond acceptors (Lipinski definition) is 2. The maximum Gasteiger partial charge on any atom is 0.219 e. The zero-order valence-corrected chi connectivity index (χ0v) is 13.2. The maximum atomic E-state index is 5.91.